The molecule has 2 amide bonds. The Balaban J connectivity index is 1.56. The molecule has 1 N–H and O–H groups in total. The van der Waals surface area contributed by atoms with Crippen LogP contribution >= 0.6 is 0 Å². The van der Waals surface area contributed by atoms with Gasteiger partial charge in [0.15, 0.2) is 0 Å². The molecule has 5 heteroatoms. The largest absolute Gasteiger partial charge is 0.333 e. The third-order valence-electron chi connectivity index (χ3n) is 4.30. The Bertz CT molecular complexity index is 677. The number of imidazole rings is 1. The average Bonchev–Trinajstić information content (AvgIpc) is 3.13. The van der Waals surface area contributed by atoms with Crippen molar-refractivity contribution >= 4 is 11.7 Å². The van der Waals surface area contributed by atoms with Crippen LogP contribution in [0.15, 0.2) is 30.6 Å². The molecule has 0 radical (unpaired) electrons. The molecule has 1 heterocycles. The van der Waals surface area contributed by atoms with E-state index in [0.717, 1.165) is 30.9 Å². The van der Waals surface area contributed by atoms with Gasteiger partial charge in [0.25, 0.3) is 0 Å². The van der Waals surface area contributed by atoms with Crippen LogP contribution in [0.25, 0.3) is 0 Å². The highest BCUT2D eigenvalue weighted by Gasteiger charge is 2.13. The lowest BCUT2D eigenvalue weighted by molar-refractivity contribution is 0.220. The highest BCUT2D eigenvalue weighted by atomic mass is 16.2. The minimum absolute atomic E-state index is 0.0734. The number of anilines is 1. The smallest absolute Gasteiger partial charge is 0.321 e. The normalized spacial score (nSPS) is 13.0. The summed E-state index contributed by atoms with van der Waals surface area (Å²) in [5.74, 6) is 0.965. The zero-order valence-corrected chi connectivity index (χ0v) is 13.2. The second kappa shape index (κ2) is 6.22. The predicted octanol–water partition coefficient (Wildman–Crippen LogP) is 2.84. The number of benzene rings is 1. The van der Waals surface area contributed by atoms with Crippen molar-refractivity contribution in [2.45, 2.75) is 32.7 Å². The molecular formula is C17H22N4O. The summed E-state index contributed by atoms with van der Waals surface area (Å²) in [4.78, 5) is 18.1. The Morgan fingerprint density at radius 3 is 2.95 bits per heavy atom. The van der Waals surface area contributed by atoms with Crippen molar-refractivity contribution in [2.75, 3.05) is 18.9 Å². The van der Waals surface area contributed by atoms with Crippen molar-refractivity contribution in [3.63, 3.8) is 0 Å². The quantitative estimate of drug-likeness (QED) is 0.943. The summed E-state index contributed by atoms with van der Waals surface area (Å²) in [5.41, 5.74) is 3.67. The van der Waals surface area contributed by atoms with Crippen molar-refractivity contribution in [2.24, 2.45) is 0 Å². The zero-order chi connectivity index (χ0) is 15.5. The number of urea groups is 1. The second-order valence-electron chi connectivity index (χ2n) is 5.86. The number of aromatic nitrogens is 2. The number of rotatable bonds is 4. The van der Waals surface area contributed by atoms with E-state index in [9.17, 15) is 4.79 Å². The molecule has 22 heavy (non-hydrogen) atoms. The second-order valence-corrected chi connectivity index (χ2v) is 5.86. The molecule has 0 bridgehead atoms. The van der Waals surface area contributed by atoms with Crippen molar-refractivity contribution in [3.05, 3.63) is 47.5 Å². The van der Waals surface area contributed by atoms with Gasteiger partial charge in [0.1, 0.15) is 5.82 Å². The molecule has 0 spiro atoms. The third kappa shape index (κ3) is 3.13. The summed E-state index contributed by atoms with van der Waals surface area (Å²) in [6.45, 7) is 3.36. The maximum absolute atomic E-state index is 12.2. The third-order valence-corrected chi connectivity index (χ3v) is 4.30. The van der Waals surface area contributed by atoms with Crippen molar-refractivity contribution < 1.29 is 4.79 Å². The average molecular weight is 298 g/mol. The summed E-state index contributed by atoms with van der Waals surface area (Å²) in [5, 5.41) is 2.98. The van der Waals surface area contributed by atoms with E-state index < -0.39 is 0 Å². The van der Waals surface area contributed by atoms with Gasteiger partial charge in [-0.2, -0.15) is 0 Å². The molecule has 0 saturated carbocycles. The van der Waals surface area contributed by atoms with Crippen LogP contribution in [-0.4, -0.2) is 34.1 Å². The number of aryl methyl sites for hydroxylation is 3. The number of fused-ring (bicyclic) bond motifs is 1. The Morgan fingerprint density at radius 1 is 1.36 bits per heavy atom. The van der Waals surface area contributed by atoms with E-state index in [2.05, 4.69) is 22.4 Å². The van der Waals surface area contributed by atoms with Gasteiger partial charge in [-0.25, -0.2) is 9.78 Å². The van der Waals surface area contributed by atoms with Crippen LogP contribution in [-0.2, 0) is 19.4 Å². The molecule has 2 aromatic rings. The fraction of sp³-hybridized carbons (Fsp3) is 0.412. The molecule has 3 rings (SSSR count). The first-order valence-corrected chi connectivity index (χ1v) is 7.75. The number of nitrogens with one attached hydrogen (secondary N) is 1. The van der Waals surface area contributed by atoms with Crippen LogP contribution in [0.1, 0.15) is 23.4 Å². The van der Waals surface area contributed by atoms with Gasteiger partial charge in [0.2, 0.25) is 0 Å². The summed E-state index contributed by atoms with van der Waals surface area (Å²) in [6.07, 6.45) is 7.21. The molecule has 0 aliphatic heterocycles. The molecule has 116 valence electrons. The number of nitrogens with zero attached hydrogens (tertiary/aromatic N) is 3. The van der Waals surface area contributed by atoms with Crippen LogP contribution in [0.2, 0.25) is 0 Å². The monoisotopic (exact) mass is 298 g/mol. The molecule has 0 fully saturated rings. The summed E-state index contributed by atoms with van der Waals surface area (Å²) >= 11 is 0. The van der Waals surface area contributed by atoms with Gasteiger partial charge >= 0.3 is 6.03 Å². The first-order valence-electron chi connectivity index (χ1n) is 7.75. The predicted molar refractivity (Wildman–Crippen MR) is 87.1 cm³/mol. The van der Waals surface area contributed by atoms with Gasteiger partial charge in [-0.3, -0.25) is 0 Å². The first-order chi connectivity index (χ1) is 10.6. The number of likely N-dealkylation sites (N-methyl/N-ethyl adjacent to an activating group) is 1. The summed E-state index contributed by atoms with van der Waals surface area (Å²) in [6, 6.07) is 6.16. The summed E-state index contributed by atoms with van der Waals surface area (Å²) < 4.78 is 2.04. The Hall–Kier alpha value is -2.30. The first kappa shape index (κ1) is 14.6. The number of hydrogen-bond acceptors (Lipinski definition) is 2. The number of amides is 2. The molecule has 5 nitrogen and oxygen atoms in total. The Labute approximate surface area is 131 Å². The number of carbonyl (C=O) groups is 1. The number of hydrogen-bond donors (Lipinski definition) is 1. The lowest BCUT2D eigenvalue weighted by Crippen LogP contribution is -2.34. The minimum Gasteiger partial charge on any atom is -0.333 e. The molecule has 1 aliphatic carbocycles. The van der Waals surface area contributed by atoms with Crippen molar-refractivity contribution in [1.29, 1.82) is 0 Å². The SMILES string of the molecule is Cc1nccn1CCN(C)C(=O)Nc1ccc2c(c1)CCC2. The fourth-order valence-electron chi connectivity index (χ4n) is 2.87. The van der Waals surface area contributed by atoms with Crippen LogP contribution in [0.3, 0.4) is 0 Å². The highest BCUT2D eigenvalue weighted by molar-refractivity contribution is 5.89. The van der Waals surface area contributed by atoms with Crippen LogP contribution < -0.4 is 5.32 Å². The highest BCUT2D eigenvalue weighted by Crippen LogP contribution is 2.24. The molecule has 0 atom stereocenters. The van der Waals surface area contributed by atoms with Gasteiger partial charge in [0.05, 0.1) is 0 Å². The summed E-state index contributed by atoms with van der Waals surface area (Å²) in [7, 11) is 1.81. The maximum atomic E-state index is 12.2. The van der Waals surface area contributed by atoms with E-state index in [4.69, 9.17) is 0 Å². The molecule has 1 aromatic heterocycles. The molecule has 1 aromatic carbocycles. The Morgan fingerprint density at radius 2 is 2.18 bits per heavy atom. The number of carbonyl (C=O) groups excluding carboxylic acids is 1. The van der Waals surface area contributed by atoms with E-state index in [0.29, 0.717) is 6.54 Å². The van der Waals surface area contributed by atoms with E-state index in [1.165, 1.54) is 17.5 Å². The van der Waals surface area contributed by atoms with E-state index >= 15 is 0 Å². The van der Waals surface area contributed by atoms with Crippen LogP contribution in [0.4, 0.5) is 10.5 Å². The lowest BCUT2D eigenvalue weighted by atomic mass is 10.1. The minimum atomic E-state index is -0.0734. The van der Waals surface area contributed by atoms with Gasteiger partial charge in [0, 0.05) is 38.2 Å². The fourth-order valence-corrected chi connectivity index (χ4v) is 2.87. The molecule has 1 aliphatic rings. The van der Waals surface area contributed by atoms with Gasteiger partial charge in [-0.1, -0.05) is 6.07 Å². The van der Waals surface area contributed by atoms with Crippen molar-refractivity contribution in [1.82, 2.24) is 14.5 Å². The molecule has 0 saturated heterocycles. The van der Waals surface area contributed by atoms with Gasteiger partial charge < -0.3 is 14.8 Å². The van der Waals surface area contributed by atoms with Gasteiger partial charge in [-0.05, 0) is 49.4 Å². The standard InChI is InChI=1S/C17H22N4O/c1-13-18-8-9-21(13)11-10-20(2)17(22)19-16-7-6-14-4-3-5-15(14)12-16/h6-9,12H,3-5,10-11H2,1-2H3,(H,19,22). The van der Waals surface area contributed by atoms with Gasteiger partial charge in [-0.15, -0.1) is 0 Å². The topological polar surface area (TPSA) is 50.2 Å². The van der Waals surface area contributed by atoms with Crippen LogP contribution in [0, 0.1) is 6.92 Å². The van der Waals surface area contributed by atoms with E-state index in [1.807, 2.05) is 30.8 Å². The van der Waals surface area contributed by atoms with E-state index in [-0.39, 0.29) is 6.03 Å². The zero-order valence-electron chi connectivity index (χ0n) is 13.2. The maximum Gasteiger partial charge on any atom is 0.321 e. The van der Waals surface area contributed by atoms with Crippen LogP contribution in [0.5, 0.6) is 0 Å². The Kier molecular flexibility index (Phi) is 4.13. The lowest BCUT2D eigenvalue weighted by Gasteiger charge is -2.19. The molecular weight excluding hydrogens is 276 g/mol. The van der Waals surface area contributed by atoms with Crippen molar-refractivity contribution in [3.8, 4) is 0 Å². The van der Waals surface area contributed by atoms with E-state index in [1.54, 1.807) is 11.1 Å². The molecule has 0 unspecified atom stereocenters.